The van der Waals surface area contributed by atoms with Crippen LogP contribution in [0, 0.1) is 17.6 Å². The molecule has 1 unspecified atom stereocenters. The van der Waals surface area contributed by atoms with E-state index < -0.39 is 17.0 Å². The Morgan fingerprint density at radius 3 is 2.21 bits per heavy atom. The van der Waals surface area contributed by atoms with E-state index in [0.717, 1.165) is 25.7 Å². The molecule has 1 fully saturated rings. The Kier molecular flexibility index (Phi) is 5.64. The van der Waals surface area contributed by atoms with Gasteiger partial charge in [-0.1, -0.05) is 32.1 Å². The Morgan fingerprint density at radius 1 is 1.00 bits per heavy atom. The Bertz CT molecular complexity index is 428. The van der Waals surface area contributed by atoms with E-state index in [1.165, 1.54) is 31.4 Å². The average molecular weight is 352 g/mol. The van der Waals surface area contributed by atoms with Gasteiger partial charge in [0.2, 0.25) is 0 Å². The summed E-state index contributed by atoms with van der Waals surface area (Å²) < 4.78 is 27.6. The molecule has 1 aromatic rings. The van der Waals surface area contributed by atoms with Crippen molar-refractivity contribution in [3.05, 3.63) is 33.8 Å². The van der Waals surface area contributed by atoms with Crippen LogP contribution in [0.2, 0.25) is 0 Å². The summed E-state index contributed by atoms with van der Waals surface area (Å²) in [6, 6.07) is 2.40. The molecule has 1 aliphatic rings. The summed E-state index contributed by atoms with van der Waals surface area (Å²) in [6.45, 7) is 0. The summed E-state index contributed by atoms with van der Waals surface area (Å²) in [5, 5.41) is -0.430. The van der Waals surface area contributed by atoms with Gasteiger partial charge in [0, 0.05) is 5.56 Å². The first-order chi connectivity index (χ1) is 9.09. The Balaban J connectivity index is 2.17. The second-order valence-electron chi connectivity index (χ2n) is 5.29. The normalized spacial score (nSPS) is 19.8. The van der Waals surface area contributed by atoms with Gasteiger partial charge in [-0.2, -0.15) is 0 Å². The lowest BCUT2D eigenvalue weighted by molar-refractivity contribution is 0.363. The van der Waals surface area contributed by atoms with Gasteiger partial charge in [0.25, 0.3) is 0 Å². The van der Waals surface area contributed by atoms with Crippen LogP contribution in [0.1, 0.15) is 55.9 Å². The van der Waals surface area contributed by atoms with E-state index in [4.69, 9.17) is 11.6 Å². The quantitative estimate of drug-likeness (QED) is 0.429. The number of alkyl halides is 1. The molecule has 1 aromatic carbocycles. The number of halogens is 4. The summed E-state index contributed by atoms with van der Waals surface area (Å²) in [5.41, 5.74) is 0.299. The zero-order valence-corrected chi connectivity index (χ0v) is 13.1. The molecule has 0 amide bonds. The fourth-order valence-electron chi connectivity index (χ4n) is 2.78. The van der Waals surface area contributed by atoms with E-state index in [-0.39, 0.29) is 10.4 Å². The van der Waals surface area contributed by atoms with E-state index in [0.29, 0.717) is 5.56 Å². The molecule has 0 nitrogen and oxygen atoms in total. The molecule has 0 aromatic heterocycles. The fourth-order valence-corrected chi connectivity index (χ4v) is 3.52. The highest BCUT2D eigenvalue weighted by molar-refractivity contribution is 9.10. The van der Waals surface area contributed by atoms with Crippen molar-refractivity contribution in [2.24, 2.45) is 5.92 Å². The molecule has 2 rings (SSSR count). The molecule has 0 heterocycles. The first-order valence-corrected chi connectivity index (χ1v) is 8.11. The third kappa shape index (κ3) is 3.91. The largest absolute Gasteiger partial charge is 0.207 e. The van der Waals surface area contributed by atoms with Crippen molar-refractivity contribution in [3.63, 3.8) is 0 Å². The predicted molar refractivity (Wildman–Crippen MR) is 78.5 cm³/mol. The van der Waals surface area contributed by atoms with Crippen LogP contribution >= 0.6 is 27.5 Å². The molecule has 0 bridgehead atoms. The van der Waals surface area contributed by atoms with Crippen molar-refractivity contribution >= 4 is 27.5 Å². The van der Waals surface area contributed by atoms with Crippen molar-refractivity contribution in [3.8, 4) is 0 Å². The van der Waals surface area contributed by atoms with Crippen LogP contribution < -0.4 is 0 Å². The molecule has 1 aliphatic carbocycles. The van der Waals surface area contributed by atoms with Crippen LogP contribution in [0.4, 0.5) is 8.78 Å². The van der Waals surface area contributed by atoms with E-state index in [1.807, 2.05) is 0 Å². The summed E-state index contributed by atoms with van der Waals surface area (Å²) in [5.74, 6) is -0.625. The SMILES string of the molecule is Fc1cc(C(Cl)C2CCCCCCC2)c(F)cc1Br. The molecule has 0 saturated heterocycles. The lowest BCUT2D eigenvalue weighted by atomic mass is 9.86. The van der Waals surface area contributed by atoms with E-state index in [2.05, 4.69) is 15.9 Å². The molecule has 0 N–H and O–H groups in total. The maximum atomic E-state index is 13.9. The van der Waals surface area contributed by atoms with Gasteiger partial charge in [-0.25, -0.2) is 8.78 Å². The molecule has 1 atom stereocenters. The van der Waals surface area contributed by atoms with Crippen molar-refractivity contribution < 1.29 is 8.78 Å². The Morgan fingerprint density at radius 2 is 1.58 bits per heavy atom. The monoisotopic (exact) mass is 350 g/mol. The lowest BCUT2D eigenvalue weighted by Gasteiger charge is -2.25. The van der Waals surface area contributed by atoms with Crippen LogP contribution in [-0.2, 0) is 0 Å². The molecular formula is C15H18BrClF2. The molecule has 0 radical (unpaired) electrons. The topological polar surface area (TPSA) is 0 Å². The second-order valence-corrected chi connectivity index (χ2v) is 6.62. The lowest BCUT2D eigenvalue weighted by Crippen LogP contribution is -2.12. The zero-order valence-electron chi connectivity index (χ0n) is 10.8. The van der Waals surface area contributed by atoms with Gasteiger partial charge < -0.3 is 0 Å². The summed E-state index contributed by atoms with van der Waals surface area (Å²) in [4.78, 5) is 0. The second kappa shape index (κ2) is 7.03. The highest BCUT2D eigenvalue weighted by atomic mass is 79.9. The maximum Gasteiger partial charge on any atom is 0.137 e. The average Bonchev–Trinajstić information content (AvgIpc) is 2.32. The molecule has 0 spiro atoms. The van der Waals surface area contributed by atoms with Gasteiger partial charge >= 0.3 is 0 Å². The van der Waals surface area contributed by atoms with Crippen molar-refractivity contribution in [1.82, 2.24) is 0 Å². The van der Waals surface area contributed by atoms with Gasteiger partial charge in [-0.05, 0) is 46.8 Å². The van der Waals surface area contributed by atoms with Gasteiger partial charge in [0.1, 0.15) is 11.6 Å². The summed E-state index contributed by atoms with van der Waals surface area (Å²) in [6.07, 6.45) is 8.00. The molecule has 1 saturated carbocycles. The highest BCUT2D eigenvalue weighted by Crippen LogP contribution is 2.39. The van der Waals surface area contributed by atoms with Gasteiger partial charge in [-0.15, -0.1) is 11.6 Å². The van der Waals surface area contributed by atoms with E-state index in [1.54, 1.807) is 0 Å². The molecular weight excluding hydrogens is 334 g/mol. The van der Waals surface area contributed by atoms with Crippen LogP contribution in [0.15, 0.2) is 16.6 Å². The van der Waals surface area contributed by atoms with Crippen LogP contribution in [0.5, 0.6) is 0 Å². The number of rotatable bonds is 2. The van der Waals surface area contributed by atoms with Crippen LogP contribution in [-0.4, -0.2) is 0 Å². The van der Waals surface area contributed by atoms with Crippen LogP contribution in [0.25, 0.3) is 0 Å². The maximum absolute atomic E-state index is 13.9. The smallest absolute Gasteiger partial charge is 0.137 e. The first-order valence-electron chi connectivity index (χ1n) is 6.88. The highest BCUT2D eigenvalue weighted by Gasteiger charge is 2.25. The number of hydrogen-bond donors (Lipinski definition) is 0. The van der Waals surface area contributed by atoms with Gasteiger partial charge in [0.05, 0.1) is 9.85 Å². The van der Waals surface area contributed by atoms with Crippen molar-refractivity contribution in [1.29, 1.82) is 0 Å². The summed E-state index contributed by atoms with van der Waals surface area (Å²) in [7, 11) is 0. The first kappa shape index (κ1) is 15.2. The third-order valence-corrected chi connectivity index (χ3v) is 5.10. The standard InChI is InChI=1S/C15H18BrClF2/c16-12-9-13(18)11(8-14(12)19)15(17)10-6-4-2-1-3-5-7-10/h8-10,15H,1-7H2. The summed E-state index contributed by atoms with van der Waals surface area (Å²) >= 11 is 9.41. The minimum absolute atomic E-state index is 0.148. The van der Waals surface area contributed by atoms with E-state index >= 15 is 0 Å². The third-order valence-electron chi connectivity index (χ3n) is 3.90. The molecule has 4 heteroatoms. The Labute approximate surface area is 126 Å². The molecule has 0 aliphatic heterocycles. The fraction of sp³-hybridized carbons (Fsp3) is 0.600. The van der Waals surface area contributed by atoms with Gasteiger partial charge in [0.15, 0.2) is 0 Å². The van der Waals surface area contributed by atoms with E-state index in [9.17, 15) is 8.78 Å². The zero-order chi connectivity index (χ0) is 13.8. The van der Waals surface area contributed by atoms with Gasteiger partial charge in [-0.3, -0.25) is 0 Å². The van der Waals surface area contributed by atoms with Crippen LogP contribution in [0.3, 0.4) is 0 Å². The Hall–Kier alpha value is -0.150. The minimum atomic E-state index is -0.451. The number of hydrogen-bond acceptors (Lipinski definition) is 0. The molecule has 19 heavy (non-hydrogen) atoms. The van der Waals surface area contributed by atoms with Crippen molar-refractivity contribution in [2.45, 2.75) is 50.3 Å². The van der Waals surface area contributed by atoms with Crippen molar-refractivity contribution in [2.75, 3.05) is 0 Å². The predicted octanol–water partition coefficient (Wildman–Crippen LogP) is 6.37. The number of benzene rings is 1. The molecule has 106 valence electrons. The minimum Gasteiger partial charge on any atom is -0.207 e.